The maximum atomic E-state index is 14.2. The van der Waals surface area contributed by atoms with Crippen LogP contribution in [0.2, 0.25) is 23.2 Å². The van der Waals surface area contributed by atoms with E-state index < -0.39 is 27.8 Å². The minimum absolute atomic E-state index is 0.0312. The monoisotopic (exact) mass is 1170 g/mol. The van der Waals surface area contributed by atoms with Gasteiger partial charge in [-0.1, -0.05) is 195 Å². The van der Waals surface area contributed by atoms with E-state index in [4.69, 9.17) is 46.7 Å². The molecular formula is C70H100O11Si2. The van der Waals surface area contributed by atoms with Gasteiger partial charge >= 0.3 is 0 Å². The van der Waals surface area contributed by atoms with Crippen molar-refractivity contribution < 1.29 is 51.5 Å². The van der Waals surface area contributed by atoms with Crippen molar-refractivity contribution in [2.45, 2.75) is 218 Å². The van der Waals surface area contributed by atoms with Crippen LogP contribution in [0, 0.1) is 5.41 Å². The molecule has 4 aromatic rings. The lowest BCUT2D eigenvalue weighted by molar-refractivity contribution is -0.285. The zero-order chi connectivity index (χ0) is 60.1. The predicted octanol–water partition coefficient (Wildman–Crippen LogP) is 14.6. The number of ether oxygens (including phenoxy) is 8. The molecule has 0 spiro atoms. The average molecular weight is 1170 g/mol. The van der Waals surface area contributed by atoms with Crippen LogP contribution in [0.4, 0.5) is 0 Å². The highest BCUT2D eigenvalue weighted by molar-refractivity contribution is 6.99. The zero-order valence-corrected chi connectivity index (χ0v) is 54.5. The van der Waals surface area contributed by atoms with Gasteiger partial charge in [-0.3, -0.25) is 4.79 Å². The Morgan fingerprint density at radius 1 is 0.687 bits per heavy atom. The van der Waals surface area contributed by atoms with Crippen LogP contribution >= 0.6 is 0 Å². The Morgan fingerprint density at radius 2 is 1.27 bits per heavy atom. The number of ketones is 1. The molecule has 13 heteroatoms. The molecule has 7 rings (SSSR count). The van der Waals surface area contributed by atoms with E-state index >= 15 is 0 Å². The van der Waals surface area contributed by atoms with Crippen LogP contribution in [0.1, 0.15) is 138 Å². The molecule has 4 aromatic carbocycles. The van der Waals surface area contributed by atoms with Crippen LogP contribution in [0.5, 0.6) is 5.75 Å². The minimum Gasteiger partial charge on any atom is -0.497 e. The summed E-state index contributed by atoms with van der Waals surface area (Å²) in [7, 11) is -1.77. The van der Waals surface area contributed by atoms with Gasteiger partial charge in [-0.05, 0) is 102 Å². The predicted molar refractivity (Wildman–Crippen MR) is 338 cm³/mol. The first-order valence-electron chi connectivity index (χ1n) is 30.4. The van der Waals surface area contributed by atoms with Crippen LogP contribution in [0.3, 0.4) is 0 Å². The Kier molecular flexibility index (Phi) is 23.4. The van der Waals surface area contributed by atoms with Crippen LogP contribution in [0.25, 0.3) is 0 Å². The second-order valence-electron chi connectivity index (χ2n) is 26.6. The first-order valence-corrected chi connectivity index (χ1v) is 35.2. The number of methoxy groups -OCH3 is 2. The maximum absolute atomic E-state index is 14.2. The van der Waals surface area contributed by atoms with Gasteiger partial charge in [-0.25, -0.2) is 0 Å². The van der Waals surface area contributed by atoms with E-state index in [0.29, 0.717) is 64.8 Å². The normalized spacial score (nSPS) is 23.5. The van der Waals surface area contributed by atoms with Gasteiger partial charge in [0, 0.05) is 44.8 Å². The van der Waals surface area contributed by atoms with E-state index in [1.54, 1.807) is 14.2 Å². The molecule has 0 radical (unpaired) electrons. The van der Waals surface area contributed by atoms with Gasteiger partial charge in [-0.2, -0.15) is 0 Å². The van der Waals surface area contributed by atoms with E-state index in [1.807, 2.05) is 63.2 Å². The standard InChI is InChI=1S/C70H100O11Si2/c1-51-41-58(37-39-69(10,11)70(73-13)66(71)36-35-59(80-70)47-65(81-82(14,15)67(4,5)6)53(3)76-50-74-48-54-25-19-16-20-26-54)78-61(42-51)46-62-44-52(2)43-60(79-62)45-57(75-49-55-31-33-56(72-12)34-32-55)38-40-77-83(68(7,8)9,63-27-21-17-22-28-63)64-29-23-18-24-30-64/h16-34,37,39,53,57-62,65H,1-2,35-36,38,40-50H2,3-15H3/b39-37+/t53-,57-,58+,59+,60+,61+,62-,65-,70-/m1/s1. The highest BCUT2D eigenvalue weighted by atomic mass is 28.4. The fraction of sp³-hybridized carbons (Fsp3) is 0.557. The highest BCUT2D eigenvalue weighted by Gasteiger charge is 2.56. The highest BCUT2D eigenvalue weighted by Crippen LogP contribution is 2.46. The van der Waals surface area contributed by atoms with E-state index in [1.165, 1.54) is 15.9 Å². The number of Topliss-reactive ketones (excluding diaryl/α,β-unsaturated/α-hetero) is 1. The fourth-order valence-electron chi connectivity index (χ4n) is 12.1. The van der Waals surface area contributed by atoms with Crippen molar-refractivity contribution in [1.82, 2.24) is 0 Å². The molecule has 0 unspecified atom stereocenters. The van der Waals surface area contributed by atoms with E-state index in [2.05, 4.69) is 153 Å². The summed E-state index contributed by atoms with van der Waals surface area (Å²) >= 11 is 0. The number of carbonyl (C=O) groups is 1. The van der Waals surface area contributed by atoms with Crippen molar-refractivity contribution in [1.29, 1.82) is 0 Å². The van der Waals surface area contributed by atoms with Gasteiger partial charge in [0.1, 0.15) is 12.5 Å². The smallest absolute Gasteiger partial charge is 0.261 e. The molecule has 454 valence electrons. The van der Waals surface area contributed by atoms with Gasteiger partial charge in [-0.15, -0.1) is 0 Å². The second kappa shape index (κ2) is 29.4. The molecule has 0 aromatic heterocycles. The summed E-state index contributed by atoms with van der Waals surface area (Å²) in [6.45, 7) is 34.9. The van der Waals surface area contributed by atoms with Crippen LogP contribution in [-0.4, -0.2) is 105 Å². The van der Waals surface area contributed by atoms with Crippen LogP contribution < -0.4 is 15.1 Å². The van der Waals surface area contributed by atoms with Crippen LogP contribution in [-0.2, 0) is 60.0 Å². The largest absolute Gasteiger partial charge is 0.497 e. The number of benzene rings is 4. The number of hydrogen-bond acceptors (Lipinski definition) is 11. The number of hydrogen-bond donors (Lipinski definition) is 0. The quantitative estimate of drug-likeness (QED) is 0.0235. The molecule has 0 saturated carbocycles. The van der Waals surface area contributed by atoms with Crippen molar-refractivity contribution in [2.24, 2.45) is 5.41 Å². The first kappa shape index (κ1) is 66.2. The lowest BCUT2D eigenvalue weighted by Gasteiger charge is -2.48. The molecule has 3 fully saturated rings. The minimum atomic E-state index is -2.77. The van der Waals surface area contributed by atoms with Crippen molar-refractivity contribution >= 4 is 32.8 Å². The molecule has 3 saturated heterocycles. The second-order valence-corrected chi connectivity index (χ2v) is 35.7. The number of carbonyl (C=O) groups excluding carboxylic acids is 1. The molecule has 0 amide bonds. The fourth-order valence-corrected chi connectivity index (χ4v) is 18.1. The van der Waals surface area contributed by atoms with Gasteiger partial charge < -0.3 is 46.7 Å². The molecule has 3 heterocycles. The zero-order valence-electron chi connectivity index (χ0n) is 52.5. The van der Waals surface area contributed by atoms with Gasteiger partial charge in [0.15, 0.2) is 14.1 Å². The molecule has 3 aliphatic rings. The third kappa shape index (κ3) is 17.4. The molecule has 3 aliphatic heterocycles. The summed E-state index contributed by atoms with van der Waals surface area (Å²) in [6, 6.07) is 39.8. The van der Waals surface area contributed by atoms with Gasteiger partial charge in [0.05, 0.1) is 69.2 Å². The summed E-state index contributed by atoms with van der Waals surface area (Å²) < 4.78 is 66.3. The lowest BCUT2D eigenvalue weighted by atomic mass is 9.76. The third-order valence-electron chi connectivity index (χ3n) is 17.7. The molecule has 0 aliphatic carbocycles. The third-order valence-corrected chi connectivity index (χ3v) is 27.3. The SMILES string of the molecule is C=C1C[C@H](C[C@@H]2CC(=C)C[C@H](/C=C/C(C)(C)[C@]3(OC)O[C@H](C[C@@H](O[Si](C)(C)C(C)(C)C)[C@@H](C)OCOCc4ccccc4)CCC3=O)O2)O[C@H](C[C@@H](CCO[Si](c2ccccc2)(c2ccccc2)C(C)(C)C)OCc2ccc(OC)cc2)C1. The summed E-state index contributed by atoms with van der Waals surface area (Å²) in [4.78, 5) is 14.2. The van der Waals surface area contributed by atoms with Crippen LogP contribution in [0.15, 0.2) is 152 Å². The summed E-state index contributed by atoms with van der Waals surface area (Å²) in [5.41, 5.74) is 3.58. The first-order chi connectivity index (χ1) is 39.4. The molecule has 9 atom stereocenters. The molecule has 11 nitrogen and oxygen atoms in total. The van der Waals surface area contributed by atoms with Crippen molar-refractivity contribution in [2.75, 3.05) is 27.6 Å². The maximum Gasteiger partial charge on any atom is 0.261 e. The van der Waals surface area contributed by atoms with Gasteiger partial charge in [0.25, 0.3) is 8.32 Å². The van der Waals surface area contributed by atoms with E-state index in [9.17, 15) is 4.79 Å². The Bertz CT molecular complexity index is 2640. The average Bonchev–Trinajstić information content (AvgIpc) is 3.34. The molecule has 0 bridgehead atoms. The Labute approximate surface area is 501 Å². The van der Waals surface area contributed by atoms with E-state index in [0.717, 1.165) is 41.7 Å². The molecule has 83 heavy (non-hydrogen) atoms. The number of rotatable bonds is 28. The summed E-state index contributed by atoms with van der Waals surface area (Å²) in [6.07, 6.45) is 8.91. The molecule has 0 N–H and O–H groups in total. The Balaban J connectivity index is 1.01. The summed E-state index contributed by atoms with van der Waals surface area (Å²) in [5, 5.41) is 2.33. The Hall–Kier alpha value is -4.36. The van der Waals surface area contributed by atoms with Gasteiger partial charge in [0.2, 0.25) is 5.79 Å². The van der Waals surface area contributed by atoms with E-state index in [-0.39, 0.29) is 71.5 Å². The summed E-state index contributed by atoms with van der Waals surface area (Å²) in [5.74, 6) is -0.800. The van der Waals surface area contributed by atoms with Crippen molar-refractivity contribution in [3.63, 3.8) is 0 Å². The molecular weight excluding hydrogens is 1070 g/mol. The van der Waals surface area contributed by atoms with Crippen molar-refractivity contribution in [3.8, 4) is 5.75 Å². The topological polar surface area (TPSA) is 109 Å². The Morgan fingerprint density at radius 3 is 1.86 bits per heavy atom. The lowest BCUT2D eigenvalue weighted by Crippen LogP contribution is -2.66. The van der Waals surface area contributed by atoms with Crippen molar-refractivity contribution in [3.05, 3.63) is 163 Å².